The van der Waals surface area contributed by atoms with E-state index in [1.165, 1.54) is 66.8 Å². The number of nitrogens with zero attached hydrogens (tertiary/aromatic N) is 3. The number of benzene rings is 7. The van der Waals surface area contributed by atoms with Crippen LogP contribution < -0.4 is 0 Å². The summed E-state index contributed by atoms with van der Waals surface area (Å²) in [6, 6.07) is 67.6. The van der Waals surface area contributed by atoms with Crippen LogP contribution in [0.4, 0.5) is 0 Å². The lowest BCUT2D eigenvalue weighted by Crippen LogP contribution is -2.28. The molecule has 0 spiro atoms. The topological polar surface area (TPSA) is 38.7 Å². The van der Waals surface area contributed by atoms with Crippen LogP contribution in [0, 0.1) is 13.8 Å². The SMILES string of the molecule is Cc1cncc(C)c1-c1cccc(-c2cccc3c2-c2ccccc2C3(c2ccccc2)c2ccc(-c3cc(-c4ccccc4)nc(-c4ccccc4)n3)cc2)c1. The van der Waals surface area contributed by atoms with Gasteiger partial charge in [0.1, 0.15) is 0 Å². The molecule has 0 saturated carbocycles. The first-order valence-electron chi connectivity index (χ1n) is 19.5. The molecular formula is C54H39N3. The Balaban J connectivity index is 1.16. The minimum Gasteiger partial charge on any atom is -0.264 e. The normalized spacial score (nSPS) is 14.2. The highest BCUT2D eigenvalue weighted by molar-refractivity contribution is 5.96. The first-order chi connectivity index (χ1) is 28.1. The lowest BCUT2D eigenvalue weighted by Gasteiger charge is -2.34. The molecule has 0 aliphatic heterocycles. The maximum atomic E-state index is 5.14. The molecule has 10 rings (SSSR count). The quantitative estimate of drug-likeness (QED) is 0.164. The van der Waals surface area contributed by atoms with Gasteiger partial charge in [-0.3, -0.25) is 4.98 Å². The molecule has 0 bridgehead atoms. The predicted octanol–water partition coefficient (Wildman–Crippen LogP) is 13.2. The molecule has 0 amide bonds. The maximum absolute atomic E-state index is 5.14. The smallest absolute Gasteiger partial charge is 0.160 e. The average Bonchev–Trinajstić information content (AvgIpc) is 3.58. The number of hydrogen-bond donors (Lipinski definition) is 0. The maximum Gasteiger partial charge on any atom is 0.160 e. The van der Waals surface area contributed by atoms with Crippen molar-refractivity contribution in [2.24, 2.45) is 0 Å². The third-order valence-electron chi connectivity index (χ3n) is 11.5. The molecule has 0 radical (unpaired) electrons. The molecular weight excluding hydrogens is 691 g/mol. The van der Waals surface area contributed by atoms with Crippen molar-refractivity contribution >= 4 is 0 Å². The van der Waals surface area contributed by atoms with Crippen LogP contribution in [0.2, 0.25) is 0 Å². The van der Waals surface area contributed by atoms with E-state index in [9.17, 15) is 0 Å². The molecule has 9 aromatic rings. The Morgan fingerprint density at radius 2 is 0.877 bits per heavy atom. The molecule has 2 aromatic heterocycles. The minimum absolute atomic E-state index is 0.548. The van der Waals surface area contributed by atoms with Gasteiger partial charge in [0.2, 0.25) is 0 Å². The fraction of sp³-hybridized carbons (Fsp3) is 0.0556. The van der Waals surface area contributed by atoms with Crippen LogP contribution in [0.15, 0.2) is 200 Å². The van der Waals surface area contributed by atoms with Crippen LogP contribution in [0.25, 0.3) is 67.3 Å². The number of aromatic nitrogens is 3. The molecule has 57 heavy (non-hydrogen) atoms. The second-order valence-electron chi connectivity index (χ2n) is 14.9. The Hall–Kier alpha value is -7.23. The van der Waals surface area contributed by atoms with E-state index in [1.54, 1.807) is 0 Å². The van der Waals surface area contributed by atoms with E-state index in [0.29, 0.717) is 5.82 Å². The number of rotatable bonds is 7. The first kappa shape index (κ1) is 34.3. The van der Waals surface area contributed by atoms with E-state index in [0.717, 1.165) is 28.1 Å². The molecule has 1 aliphatic carbocycles. The lowest BCUT2D eigenvalue weighted by molar-refractivity contribution is 0.768. The van der Waals surface area contributed by atoms with Crippen LogP contribution in [0.5, 0.6) is 0 Å². The summed E-state index contributed by atoms with van der Waals surface area (Å²) < 4.78 is 0. The number of fused-ring (bicyclic) bond motifs is 3. The van der Waals surface area contributed by atoms with Gasteiger partial charge in [-0.15, -0.1) is 0 Å². The van der Waals surface area contributed by atoms with Crippen molar-refractivity contribution in [2.45, 2.75) is 19.3 Å². The minimum atomic E-state index is -0.548. The Morgan fingerprint density at radius 1 is 0.368 bits per heavy atom. The summed E-state index contributed by atoms with van der Waals surface area (Å²) in [5.41, 5.74) is 19.1. The summed E-state index contributed by atoms with van der Waals surface area (Å²) in [6.45, 7) is 4.29. The fourth-order valence-electron chi connectivity index (χ4n) is 9.00. The van der Waals surface area contributed by atoms with Crippen LogP contribution in [-0.2, 0) is 5.41 Å². The average molecular weight is 730 g/mol. The van der Waals surface area contributed by atoms with E-state index in [2.05, 4.69) is 183 Å². The van der Waals surface area contributed by atoms with Crippen molar-refractivity contribution in [2.75, 3.05) is 0 Å². The largest absolute Gasteiger partial charge is 0.264 e. The molecule has 0 N–H and O–H groups in total. The van der Waals surface area contributed by atoms with Gasteiger partial charge in [0.05, 0.1) is 16.8 Å². The zero-order valence-electron chi connectivity index (χ0n) is 31.9. The summed E-state index contributed by atoms with van der Waals surface area (Å²) in [6.07, 6.45) is 3.92. The second-order valence-corrected chi connectivity index (χ2v) is 14.9. The molecule has 270 valence electrons. The number of aryl methyl sites for hydroxylation is 2. The zero-order chi connectivity index (χ0) is 38.3. The van der Waals surface area contributed by atoms with Gasteiger partial charge >= 0.3 is 0 Å². The van der Waals surface area contributed by atoms with E-state index in [4.69, 9.17) is 9.97 Å². The standard InChI is InChI=1S/C54H39N3/c1-36-34-55-35-37(2)51(36)42-21-14-20-41(32-42)45-25-15-27-48-52(45)46-24-12-13-26-47(46)54(48,43-22-10-5-11-23-43)44-30-28-39(29-31-44)50-33-49(38-16-6-3-7-17-38)56-53(57-50)40-18-8-4-9-19-40/h3-35H,1-2H3. The molecule has 0 saturated heterocycles. The molecule has 1 atom stereocenters. The summed E-state index contributed by atoms with van der Waals surface area (Å²) in [7, 11) is 0. The van der Waals surface area contributed by atoms with Crippen molar-refractivity contribution < 1.29 is 0 Å². The van der Waals surface area contributed by atoms with E-state index >= 15 is 0 Å². The van der Waals surface area contributed by atoms with Gasteiger partial charge in [-0.25, -0.2) is 9.97 Å². The van der Waals surface area contributed by atoms with Crippen molar-refractivity contribution in [1.82, 2.24) is 15.0 Å². The Morgan fingerprint density at radius 3 is 1.58 bits per heavy atom. The lowest BCUT2D eigenvalue weighted by atomic mass is 9.67. The highest BCUT2D eigenvalue weighted by atomic mass is 14.9. The van der Waals surface area contributed by atoms with E-state index < -0.39 is 5.41 Å². The van der Waals surface area contributed by atoms with E-state index in [1.807, 2.05) is 36.7 Å². The summed E-state index contributed by atoms with van der Waals surface area (Å²) in [5.74, 6) is 0.710. The van der Waals surface area contributed by atoms with Gasteiger partial charge in [-0.1, -0.05) is 176 Å². The molecule has 0 fully saturated rings. The van der Waals surface area contributed by atoms with Crippen molar-refractivity contribution in [3.05, 3.63) is 234 Å². The summed E-state index contributed by atoms with van der Waals surface area (Å²) >= 11 is 0. The van der Waals surface area contributed by atoms with Gasteiger partial charge < -0.3 is 0 Å². The summed E-state index contributed by atoms with van der Waals surface area (Å²) in [5, 5.41) is 0. The van der Waals surface area contributed by atoms with Gasteiger partial charge in [0.15, 0.2) is 5.82 Å². The molecule has 3 heteroatoms. The number of pyridine rings is 1. The van der Waals surface area contributed by atoms with Crippen LogP contribution in [-0.4, -0.2) is 15.0 Å². The molecule has 3 nitrogen and oxygen atoms in total. The van der Waals surface area contributed by atoms with Crippen molar-refractivity contribution in [3.8, 4) is 67.3 Å². The third kappa shape index (κ3) is 5.79. The molecule has 1 aliphatic rings. The Kier molecular flexibility index (Phi) is 8.49. The predicted molar refractivity (Wildman–Crippen MR) is 234 cm³/mol. The second kappa shape index (κ2) is 14.1. The van der Waals surface area contributed by atoms with Crippen LogP contribution in [0.3, 0.4) is 0 Å². The highest BCUT2D eigenvalue weighted by Gasteiger charge is 2.46. The van der Waals surface area contributed by atoms with Gasteiger partial charge in [-0.2, -0.15) is 0 Å². The van der Waals surface area contributed by atoms with Gasteiger partial charge in [-0.05, 0) is 92.7 Å². The molecule has 2 heterocycles. The molecule has 1 unspecified atom stereocenters. The zero-order valence-corrected chi connectivity index (χ0v) is 31.9. The van der Waals surface area contributed by atoms with E-state index in [-0.39, 0.29) is 0 Å². The monoisotopic (exact) mass is 729 g/mol. The van der Waals surface area contributed by atoms with Gasteiger partial charge in [0, 0.05) is 29.1 Å². The van der Waals surface area contributed by atoms with Crippen molar-refractivity contribution in [3.63, 3.8) is 0 Å². The first-order valence-corrected chi connectivity index (χ1v) is 19.5. The molecule has 7 aromatic carbocycles. The Bertz CT molecular complexity index is 2820. The fourth-order valence-corrected chi connectivity index (χ4v) is 9.00. The van der Waals surface area contributed by atoms with Crippen LogP contribution in [0.1, 0.15) is 33.4 Å². The van der Waals surface area contributed by atoms with Crippen LogP contribution >= 0.6 is 0 Å². The highest BCUT2D eigenvalue weighted by Crippen LogP contribution is 2.58. The van der Waals surface area contributed by atoms with Gasteiger partial charge in [0.25, 0.3) is 0 Å². The number of hydrogen-bond acceptors (Lipinski definition) is 3. The Labute approximate surface area is 334 Å². The summed E-state index contributed by atoms with van der Waals surface area (Å²) in [4.78, 5) is 14.6. The van der Waals surface area contributed by atoms with Crippen molar-refractivity contribution in [1.29, 1.82) is 0 Å². The third-order valence-corrected chi connectivity index (χ3v) is 11.5.